The van der Waals surface area contributed by atoms with E-state index in [4.69, 9.17) is 4.74 Å². The van der Waals surface area contributed by atoms with Gasteiger partial charge in [0.05, 0.1) is 6.61 Å². The Hall–Kier alpha value is -0.500. The van der Waals surface area contributed by atoms with Gasteiger partial charge in [-0.1, -0.05) is 49.5 Å². The van der Waals surface area contributed by atoms with Crippen molar-refractivity contribution in [3.05, 3.63) is 28.2 Å². The fourth-order valence-electron chi connectivity index (χ4n) is 1.64. The van der Waals surface area contributed by atoms with Gasteiger partial charge in [-0.05, 0) is 36.1 Å². The second-order valence-electron chi connectivity index (χ2n) is 4.39. The predicted octanol–water partition coefficient (Wildman–Crippen LogP) is 5.14. The monoisotopic (exact) mass is 284 g/mol. The molecule has 0 aliphatic heterocycles. The Morgan fingerprint density at radius 1 is 1.25 bits per heavy atom. The standard InChI is InChI=1S/C14H21BrO/c1-4-5-6-9-16-14-8-7-12(15)10-13(14)11(2)3/h7-8,10-11H,4-6,9H2,1-3H3. The summed E-state index contributed by atoms with van der Waals surface area (Å²) in [5.74, 6) is 1.54. The van der Waals surface area contributed by atoms with Crippen molar-refractivity contribution in [2.45, 2.75) is 46.0 Å². The fourth-order valence-corrected chi connectivity index (χ4v) is 2.01. The maximum Gasteiger partial charge on any atom is 0.122 e. The van der Waals surface area contributed by atoms with Crippen molar-refractivity contribution in [1.29, 1.82) is 0 Å². The topological polar surface area (TPSA) is 9.23 Å². The highest BCUT2D eigenvalue weighted by Crippen LogP contribution is 2.29. The van der Waals surface area contributed by atoms with E-state index in [1.165, 1.54) is 18.4 Å². The molecule has 0 saturated carbocycles. The Morgan fingerprint density at radius 3 is 2.62 bits per heavy atom. The highest BCUT2D eigenvalue weighted by Gasteiger charge is 2.08. The van der Waals surface area contributed by atoms with Crippen LogP contribution in [0.4, 0.5) is 0 Å². The normalized spacial score (nSPS) is 10.8. The molecule has 90 valence electrons. The molecule has 0 amide bonds. The van der Waals surface area contributed by atoms with Crippen LogP contribution in [0, 0.1) is 0 Å². The number of benzene rings is 1. The molecule has 0 aliphatic rings. The van der Waals surface area contributed by atoms with Crippen LogP contribution in [0.25, 0.3) is 0 Å². The van der Waals surface area contributed by atoms with Gasteiger partial charge in [0.25, 0.3) is 0 Å². The SMILES string of the molecule is CCCCCOc1ccc(Br)cc1C(C)C. The summed E-state index contributed by atoms with van der Waals surface area (Å²) in [6.45, 7) is 7.43. The zero-order chi connectivity index (χ0) is 12.0. The van der Waals surface area contributed by atoms with Crippen LogP contribution in [-0.2, 0) is 0 Å². The summed E-state index contributed by atoms with van der Waals surface area (Å²) in [6.07, 6.45) is 3.62. The molecule has 0 bridgehead atoms. The predicted molar refractivity (Wildman–Crippen MR) is 73.3 cm³/mol. The van der Waals surface area contributed by atoms with Crippen molar-refractivity contribution < 1.29 is 4.74 Å². The van der Waals surface area contributed by atoms with Crippen molar-refractivity contribution in [3.8, 4) is 5.75 Å². The van der Waals surface area contributed by atoms with Gasteiger partial charge in [0.1, 0.15) is 5.75 Å². The van der Waals surface area contributed by atoms with Crippen LogP contribution in [0.2, 0.25) is 0 Å². The van der Waals surface area contributed by atoms with Crippen molar-refractivity contribution >= 4 is 15.9 Å². The van der Waals surface area contributed by atoms with E-state index < -0.39 is 0 Å². The number of hydrogen-bond acceptors (Lipinski definition) is 1. The molecule has 2 heteroatoms. The summed E-state index contributed by atoms with van der Waals surface area (Å²) in [7, 11) is 0. The van der Waals surface area contributed by atoms with E-state index in [-0.39, 0.29) is 0 Å². The van der Waals surface area contributed by atoms with Crippen molar-refractivity contribution in [2.24, 2.45) is 0 Å². The maximum atomic E-state index is 5.83. The molecule has 0 N–H and O–H groups in total. The smallest absolute Gasteiger partial charge is 0.122 e. The minimum Gasteiger partial charge on any atom is -0.493 e. The van der Waals surface area contributed by atoms with Crippen molar-refractivity contribution in [1.82, 2.24) is 0 Å². The molecule has 1 nitrogen and oxygen atoms in total. The molecule has 0 radical (unpaired) electrons. The average Bonchev–Trinajstić information content (AvgIpc) is 2.26. The van der Waals surface area contributed by atoms with E-state index in [0.29, 0.717) is 5.92 Å². The highest BCUT2D eigenvalue weighted by atomic mass is 79.9. The summed E-state index contributed by atoms with van der Waals surface area (Å²) in [6, 6.07) is 6.26. The lowest BCUT2D eigenvalue weighted by Gasteiger charge is -2.14. The average molecular weight is 285 g/mol. The number of unbranched alkanes of at least 4 members (excludes halogenated alkanes) is 2. The lowest BCUT2D eigenvalue weighted by atomic mass is 10.0. The largest absolute Gasteiger partial charge is 0.493 e. The Kier molecular flexibility index (Phi) is 5.89. The quantitative estimate of drug-likeness (QED) is 0.657. The lowest BCUT2D eigenvalue weighted by Crippen LogP contribution is -2.01. The molecule has 0 atom stereocenters. The van der Waals surface area contributed by atoms with Crippen LogP contribution >= 0.6 is 15.9 Å². The van der Waals surface area contributed by atoms with Gasteiger partial charge in [-0.25, -0.2) is 0 Å². The molecule has 1 aromatic carbocycles. The van der Waals surface area contributed by atoms with Gasteiger partial charge in [-0.2, -0.15) is 0 Å². The van der Waals surface area contributed by atoms with E-state index in [1.807, 2.05) is 6.07 Å². The lowest BCUT2D eigenvalue weighted by molar-refractivity contribution is 0.302. The Morgan fingerprint density at radius 2 is 2.00 bits per heavy atom. The van der Waals surface area contributed by atoms with Crippen LogP contribution < -0.4 is 4.74 Å². The molecular weight excluding hydrogens is 264 g/mol. The first-order chi connectivity index (χ1) is 7.65. The van der Waals surface area contributed by atoms with E-state index >= 15 is 0 Å². The summed E-state index contributed by atoms with van der Waals surface area (Å²) < 4.78 is 6.96. The van der Waals surface area contributed by atoms with Crippen LogP contribution in [0.1, 0.15) is 51.5 Å². The highest BCUT2D eigenvalue weighted by molar-refractivity contribution is 9.10. The molecule has 1 rings (SSSR count). The van der Waals surface area contributed by atoms with Crippen LogP contribution in [-0.4, -0.2) is 6.61 Å². The fraction of sp³-hybridized carbons (Fsp3) is 0.571. The zero-order valence-corrected chi connectivity index (χ0v) is 12.0. The van der Waals surface area contributed by atoms with Gasteiger partial charge in [-0.3, -0.25) is 0 Å². The van der Waals surface area contributed by atoms with Gasteiger partial charge in [0.15, 0.2) is 0 Å². The van der Waals surface area contributed by atoms with Crippen LogP contribution in [0.15, 0.2) is 22.7 Å². The molecule has 0 aliphatic carbocycles. The molecule has 0 fully saturated rings. The van der Waals surface area contributed by atoms with Crippen LogP contribution in [0.3, 0.4) is 0 Å². The zero-order valence-electron chi connectivity index (χ0n) is 10.4. The minimum absolute atomic E-state index is 0.499. The van der Waals surface area contributed by atoms with E-state index in [2.05, 4.69) is 48.8 Å². The van der Waals surface area contributed by atoms with Gasteiger partial charge in [0, 0.05) is 4.47 Å². The summed E-state index contributed by atoms with van der Waals surface area (Å²) >= 11 is 3.50. The van der Waals surface area contributed by atoms with Gasteiger partial charge >= 0.3 is 0 Å². The Labute approximate surface area is 107 Å². The molecular formula is C14H21BrO. The second kappa shape index (κ2) is 6.95. The molecule has 1 aromatic rings. The van der Waals surface area contributed by atoms with Gasteiger partial charge in [0.2, 0.25) is 0 Å². The third-order valence-corrected chi connectivity index (χ3v) is 3.09. The molecule has 0 unspecified atom stereocenters. The van der Waals surface area contributed by atoms with Gasteiger partial charge in [-0.15, -0.1) is 0 Å². The summed E-state index contributed by atoms with van der Waals surface area (Å²) in [5.41, 5.74) is 1.28. The molecule has 0 aromatic heterocycles. The van der Waals surface area contributed by atoms with Crippen molar-refractivity contribution in [2.75, 3.05) is 6.61 Å². The maximum absolute atomic E-state index is 5.83. The third-order valence-electron chi connectivity index (χ3n) is 2.60. The number of halogens is 1. The molecule has 16 heavy (non-hydrogen) atoms. The molecule has 0 spiro atoms. The number of hydrogen-bond donors (Lipinski definition) is 0. The first-order valence-corrected chi connectivity index (χ1v) is 6.86. The van der Waals surface area contributed by atoms with Gasteiger partial charge < -0.3 is 4.74 Å². The van der Waals surface area contributed by atoms with Crippen molar-refractivity contribution in [3.63, 3.8) is 0 Å². The van der Waals surface area contributed by atoms with E-state index in [9.17, 15) is 0 Å². The Bertz CT molecular complexity index is 321. The third kappa shape index (κ3) is 4.17. The first-order valence-electron chi connectivity index (χ1n) is 6.07. The second-order valence-corrected chi connectivity index (χ2v) is 5.31. The molecule has 0 heterocycles. The number of ether oxygens (including phenoxy) is 1. The van der Waals surface area contributed by atoms with E-state index in [1.54, 1.807) is 0 Å². The van der Waals surface area contributed by atoms with Crippen LogP contribution in [0.5, 0.6) is 5.75 Å². The summed E-state index contributed by atoms with van der Waals surface area (Å²) in [5, 5.41) is 0. The molecule has 0 saturated heterocycles. The van der Waals surface area contributed by atoms with E-state index in [0.717, 1.165) is 23.2 Å². The Balaban J connectivity index is 2.64. The number of rotatable bonds is 6. The minimum atomic E-state index is 0.499. The summed E-state index contributed by atoms with van der Waals surface area (Å²) in [4.78, 5) is 0. The first kappa shape index (κ1) is 13.6.